The van der Waals surface area contributed by atoms with Gasteiger partial charge in [-0.1, -0.05) is 25.8 Å². The van der Waals surface area contributed by atoms with Gasteiger partial charge in [-0.25, -0.2) is 0 Å². The zero-order chi connectivity index (χ0) is 11.1. The molecule has 0 saturated carbocycles. The molecule has 0 aromatic rings. The lowest BCUT2D eigenvalue weighted by Crippen LogP contribution is -2.16. The summed E-state index contributed by atoms with van der Waals surface area (Å²) in [5.74, 6) is 0. The van der Waals surface area contributed by atoms with Gasteiger partial charge in [-0.3, -0.25) is 0 Å². The first-order chi connectivity index (χ1) is 6.52. The van der Waals surface area contributed by atoms with E-state index in [2.05, 4.69) is 13.8 Å². The first kappa shape index (κ1) is 13.7. The maximum Gasteiger partial charge on any atom is 0.0753 e. The Labute approximate surface area is 87.7 Å². The topological polar surface area (TPSA) is 40.5 Å². The maximum atomic E-state index is 9.89. The van der Waals surface area contributed by atoms with Crippen molar-refractivity contribution in [3.05, 3.63) is 11.1 Å². The maximum absolute atomic E-state index is 9.89. The fraction of sp³-hybridized carbons (Fsp3) is 0.833. The second kappa shape index (κ2) is 7.02. The van der Waals surface area contributed by atoms with Crippen LogP contribution in [0.25, 0.3) is 0 Å². The summed E-state index contributed by atoms with van der Waals surface area (Å²) in [6, 6.07) is 0. The first-order valence-corrected chi connectivity index (χ1v) is 5.57. The lowest BCUT2D eigenvalue weighted by molar-refractivity contribution is 0.158. The van der Waals surface area contributed by atoms with Crippen LogP contribution in [-0.2, 0) is 0 Å². The van der Waals surface area contributed by atoms with Gasteiger partial charge in [0.2, 0.25) is 0 Å². The summed E-state index contributed by atoms with van der Waals surface area (Å²) in [6.45, 7) is 7.94. The number of aliphatic hydroxyl groups is 2. The molecule has 2 N–H and O–H groups in total. The Morgan fingerprint density at radius 1 is 1.21 bits per heavy atom. The van der Waals surface area contributed by atoms with E-state index in [1.54, 1.807) is 6.92 Å². The smallest absolute Gasteiger partial charge is 0.0753 e. The molecule has 84 valence electrons. The molecule has 0 saturated heterocycles. The SMILES string of the molecule is CCCC(O)/C(CC(C)O)=C(\C)CC. The molecular formula is C12H24O2. The minimum Gasteiger partial charge on any atom is -0.393 e. The fourth-order valence-electron chi connectivity index (χ4n) is 1.59. The number of hydrogen-bond acceptors (Lipinski definition) is 2. The molecule has 0 aliphatic heterocycles. The van der Waals surface area contributed by atoms with Crippen molar-refractivity contribution in [2.24, 2.45) is 0 Å². The third-order valence-corrected chi connectivity index (χ3v) is 2.56. The molecule has 0 amide bonds. The van der Waals surface area contributed by atoms with Gasteiger partial charge < -0.3 is 10.2 Å². The lowest BCUT2D eigenvalue weighted by atomic mass is 9.94. The molecule has 0 radical (unpaired) electrons. The molecule has 0 spiro atoms. The predicted octanol–water partition coefficient (Wildman–Crippen LogP) is 2.64. The Morgan fingerprint density at radius 2 is 1.79 bits per heavy atom. The standard InChI is InChI=1S/C12H24O2/c1-5-7-12(14)11(8-10(4)13)9(3)6-2/h10,12-14H,5-8H2,1-4H3/b11-9+. The van der Waals surface area contributed by atoms with Crippen molar-refractivity contribution < 1.29 is 10.2 Å². The summed E-state index contributed by atoms with van der Waals surface area (Å²) in [7, 11) is 0. The van der Waals surface area contributed by atoms with Crippen LogP contribution in [0, 0.1) is 0 Å². The van der Waals surface area contributed by atoms with E-state index in [0.717, 1.165) is 24.8 Å². The Balaban J connectivity index is 4.54. The van der Waals surface area contributed by atoms with Crippen molar-refractivity contribution >= 4 is 0 Å². The third-order valence-electron chi connectivity index (χ3n) is 2.56. The van der Waals surface area contributed by atoms with E-state index in [-0.39, 0.29) is 12.2 Å². The quantitative estimate of drug-likeness (QED) is 0.647. The molecule has 2 unspecified atom stereocenters. The van der Waals surface area contributed by atoms with Crippen molar-refractivity contribution in [3.8, 4) is 0 Å². The van der Waals surface area contributed by atoms with Gasteiger partial charge in [0.05, 0.1) is 12.2 Å². The third kappa shape index (κ3) is 4.77. The Hall–Kier alpha value is -0.340. The van der Waals surface area contributed by atoms with Crippen LogP contribution in [0.4, 0.5) is 0 Å². The highest BCUT2D eigenvalue weighted by molar-refractivity contribution is 5.17. The minimum absolute atomic E-state index is 0.363. The van der Waals surface area contributed by atoms with E-state index < -0.39 is 0 Å². The molecule has 0 rings (SSSR count). The minimum atomic E-state index is -0.366. The van der Waals surface area contributed by atoms with Crippen LogP contribution in [0.3, 0.4) is 0 Å². The molecule has 0 fully saturated rings. The van der Waals surface area contributed by atoms with Crippen molar-refractivity contribution in [2.75, 3.05) is 0 Å². The molecule has 14 heavy (non-hydrogen) atoms. The van der Waals surface area contributed by atoms with Crippen LogP contribution < -0.4 is 0 Å². The highest BCUT2D eigenvalue weighted by Crippen LogP contribution is 2.20. The molecule has 0 bridgehead atoms. The summed E-state index contributed by atoms with van der Waals surface area (Å²) >= 11 is 0. The molecular weight excluding hydrogens is 176 g/mol. The van der Waals surface area contributed by atoms with Gasteiger partial charge in [-0.2, -0.15) is 0 Å². The van der Waals surface area contributed by atoms with Crippen molar-refractivity contribution in [1.82, 2.24) is 0 Å². The van der Waals surface area contributed by atoms with Crippen molar-refractivity contribution in [1.29, 1.82) is 0 Å². The van der Waals surface area contributed by atoms with Crippen LogP contribution in [0.1, 0.15) is 53.4 Å². The highest BCUT2D eigenvalue weighted by Gasteiger charge is 2.14. The Kier molecular flexibility index (Phi) is 6.85. The lowest BCUT2D eigenvalue weighted by Gasteiger charge is -2.19. The van der Waals surface area contributed by atoms with E-state index in [1.807, 2.05) is 6.92 Å². The van der Waals surface area contributed by atoms with Gasteiger partial charge in [-0.05, 0) is 38.7 Å². The van der Waals surface area contributed by atoms with E-state index in [9.17, 15) is 10.2 Å². The fourth-order valence-corrected chi connectivity index (χ4v) is 1.59. The highest BCUT2D eigenvalue weighted by atomic mass is 16.3. The zero-order valence-electron chi connectivity index (χ0n) is 9.88. The number of allylic oxidation sites excluding steroid dienone is 1. The van der Waals surface area contributed by atoms with Gasteiger partial charge in [0.1, 0.15) is 0 Å². The van der Waals surface area contributed by atoms with Crippen LogP contribution in [0.2, 0.25) is 0 Å². The Morgan fingerprint density at radius 3 is 2.14 bits per heavy atom. The molecule has 2 atom stereocenters. The molecule has 0 aliphatic rings. The average Bonchev–Trinajstić information content (AvgIpc) is 2.13. The monoisotopic (exact) mass is 200 g/mol. The molecule has 2 heteroatoms. The van der Waals surface area contributed by atoms with Gasteiger partial charge in [0.25, 0.3) is 0 Å². The molecule has 2 nitrogen and oxygen atoms in total. The van der Waals surface area contributed by atoms with Crippen molar-refractivity contribution in [2.45, 2.75) is 65.6 Å². The average molecular weight is 200 g/mol. The second-order valence-corrected chi connectivity index (χ2v) is 4.02. The molecule has 0 aromatic carbocycles. The van der Waals surface area contributed by atoms with Crippen LogP contribution >= 0.6 is 0 Å². The Bertz CT molecular complexity index is 183. The number of rotatable bonds is 6. The van der Waals surface area contributed by atoms with Crippen LogP contribution in [0.5, 0.6) is 0 Å². The number of hydrogen-bond donors (Lipinski definition) is 2. The summed E-state index contributed by atoms with van der Waals surface area (Å²) in [4.78, 5) is 0. The van der Waals surface area contributed by atoms with Gasteiger partial charge in [0.15, 0.2) is 0 Å². The molecule has 0 heterocycles. The zero-order valence-corrected chi connectivity index (χ0v) is 9.88. The molecule has 0 aromatic heterocycles. The van der Waals surface area contributed by atoms with E-state index in [0.29, 0.717) is 6.42 Å². The van der Waals surface area contributed by atoms with E-state index in [4.69, 9.17) is 0 Å². The normalized spacial score (nSPS) is 17.6. The second-order valence-electron chi connectivity index (χ2n) is 4.02. The van der Waals surface area contributed by atoms with Gasteiger partial charge in [-0.15, -0.1) is 0 Å². The van der Waals surface area contributed by atoms with E-state index in [1.165, 1.54) is 5.57 Å². The summed E-state index contributed by atoms with van der Waals surface area (Å²) in [5, 5.41) is 19.2. The predicted molar refractivity (Wildman–Crippen MR) is 60.2 cm³/mol. The number of aliphatic hydroxyl groups excluding tert-OH is 2. The van der Waals surface area contributed by atoms with Gasteiger partial charge in [0, 0.05) is 0 Å². The van der Waals surface area contributed by atoms with Crippen molar-refractivity contribution in [3.63, 3.8) is 0 Å². The van der Waals surface area contributed by atoms with E-state index >= 15 is 0 Å². The van der Waals surface area contributed by atoms with Crippen LogP contribution in [-0.4, -0.2) is 22.4 Å². The van der Waals surface area contributed by atoms with Gasteiger partial charge >= 0.3 is 0 Å². The first-order valence-electron chi connectivity index (χ1n) is 5.57. The molecule has 0 aliphatic carbocycles. The largest absolute Gasteiger partial charge is 0.393 e. The summed E-state index contributed by atoms with van der Waals surface area (Å²) in [5.41, 5.74) is 2.25. The summed E-state index contributed by atoms with van der Waals surface area (Å²) in [6.07, 6.45) is 2.58. The summed E-state index contributed by atoms with van der Waals surface area (Å²) < 4.78 is 0. The van der Waals surface area contributed by atoms with Crippen LogP contribution in [0.15, 0.2) is 11.1 Å².